The van der Waals surface area contributed by atoms with Crippen molar-refractivity contribution in [2.75, 3.05) is 27.4 Å². The van der Waals surface area contributed by atoms with Gasteiger partial charge < -0.3 is 25.3 Å². The molecule has 0 spiro atoms. The van der Waals surface area contributed by atoms with E-state index in [1.54, 1.807) is 19.1 Å². The number of carbonyl (C=O) groups is 2. The van der Waals surface area contributed by atoms with Gasteiger partial charge in [-0.1, -0.05) is 18.2 Å². The Morgan fingerprint density at radius 1 is 1.29 bits per heavy atom. The molecule has 1 unspecified atom stereocenters. The van der Waals surface area contributed by atoms with E-state index in [9.17, 15) is 9.59 Å². The maximum absolute atomic E-state index is 13.4. The standard InChI is InChI=1S/C26H38N4O5/c1-25(2)14-22(31)30(24(27)29-25)20(10-11-33-4)17-12-18(17)23(32)28-19-13-26(3,15-34-5)35-21-9-7-6-8-16(19)21/h6-9,17-20H,10-15H2,1-5H3,(H2,27,29)(H,28,32)/t17-,18-,19-,20+,26?/m0/s1. The van der Waals surface area contributed by atoms with Crippen molar-refractivity contribution in [2.24, 2.45) is 22.6 Å². The predicted octanol–water partition coefficient (Wildman–Crippen LogP) is 2.40. The van der Waals surface area contributed by atoms with Crippen molar-refractivity contribution in [3.63, 3.8) is 0 Å². The molecule has 2 amide bonds. The highest BCUT2D eigenvalue weighted by Gasteiger charge is 2.52. The fourth-order valence-electron chi connectivity index (χ4n) is 5.57. The number of ether oxygens (including phenoxy) is 3. The van der Waals surface area contributed by atoms with Gasteiger partial charge in [-0.05, 0) is 45.6 Å². The normalized spacial score (nSPS) is 30.1. The second-order valence-corrected chi connectivity index (χ2v) is 10.9. The molecule has 4 rings (SSSR count). The molecule has 1 saturated carbocycles. The highest BCUT2D eigenvalue weighted by Crippen LogP contribution is 2.47. The first-order valence-electron chi connectivity index (χ1n) is 12.3. The van der Waals surface area contributed by atoms with E-state index in [1.807, 2.05) is 45.0 Å². The van der Waals surface area contributed by atoms with Crippen LogP contribution in [0.4, 0.5) is 0 Å². The van der Waals surface area contributed by atoms with E-state index in [-0.39, 0.29) is 48.1 Å². The Hall–Kier alpha value is -2.65. The molecule has 0 aromatic heterocycles. The molecule has 9 heteroatoms. The number of rotatable bonds is 9. The number of nitrogens with one attached hydrogen (secondary N) is 1. The third kappa shape index (κ3) is 5.46. The first-order chi connectivity index (χ1) is 16.6. The minimum Gasteiger partial charge on any atom is -0.485 e. The van der Waals surface area contributed by atoms with Crippen LogP contribution < -0.4 is 15.8 Å². The van der Waals surface area contributed by atoms with Crippen molar-refractivity contribution in [3.05, 3.63) is 29.8 Å². The first kappa shape index (κ1) is 25.4. The van der Waals surface area contributed by atoms with Crippen molar-refractivity contribution in [3.8, 4) is 5.75 Å². The van der Waals surface area contributed by atoms with Crippen LogP contribution in [-0.2, 0) is 19.1 Å². The minimum atomic E-state index is -0.539. The quantitative estimate of drug-likeness (QED) is 0.554. The first-order valence-corrected chi connectivity index (χ1v) is 12.3. The number of nitrogens with zero attached hydrogens (tertiary/aromatic N) is 2. The molecule has 1 fully saturated rings. The van der Waals surface area contributed by atoms with Crippen LogP contribution in [0.25, 0.3) is 0 Å². The number of amides is 2. The molecule has 192 valence electrons. The zero-order valence-electron chi connectivity index (χ0n) is 21.4. The number of benzene rings is 1. The fraction of sp³-hybridized carbons (Fsp3) is 0.654. The van der Waals surface area contributed by atoms with Gasteiger partial charge in [-0.25, -0.2) is 4.99 Å². The lowest BCUT2D eigenvalue weighted by Gasteiger charge is -2.40. The highest BCUT2D eigenvalue weighted by atomic mass is 16.5. The summed E-state index contributed by atoms with van der Waals surface area (Å²) in [6.07, 6.45) is 2.19. The minimum absolute atomic E-state index is 0.00417. The SMILES string of the molecule is COCC[C@H]([C@H]1C[C@@H]1C(=O)N[C@H]1CC(C)(COC)Oc2ccccc21)N1C(=O)CC(C)(C)N=C1N. The van der Waals surface area contributed by atoms with Gasteiger partial charge in [-0.2, -0.15) is 0 Å². The summed E-state index contributed by atoms with van der Waals surface area (Å²) in [5.74, 6) is 0.731. The van der Waals surface area contributed by atoms with Crippen LogP contribution in [0.3, 0.4) is 0 Å². The van der Waals surface area contributed by atoms with E-state index >= 15 is 0 Å². The average Bonchev–Trinajstić information content (AvgIpc) is 3.55. The molecular formula is C26H38N4O5. The lowest BCUT2D eigenvalue weighted by molar-refractivity contribution is -0.132. The van der Waals surface area contributed by atoms with E-state index in [4.69, 9.17) is 19.9 Å². The molecule has 0 bridgehead atoms. The van der Waals surface area contributed by atoms with Gasteiger partial charge in [-0.15, -0.1) is 0 Å². The molecule has 9 nitrogen and oxygen atoms in total. The summed E-state index contributed by atoms with van der Waals surface area (Å²) in [6.45, 7) is 6.69. The number of methoxy groups -OCH3 is 2. The molecule has 1 aliphatic carbocycles. The Morgan fingerprint density at radius 2 is 2.03 bits per heavy atom. The van der Waals surface area contributed by atoms with Crippen molar-refractivity contribution >= 4 is 17.8 Å². The Kier molecular flexibility index (Phi) is 7.11. The molecule has 0 saturated heterocycles. The maximum atomic E-state index is 13.4. The second kappa shape index (κ2) is 9.78. The van der Waals surface area contributed by atoms with E-state index in [0.29, 0.717) is 32.5 Å². The molecular weight excluding hydrogens is 448 g/mol. The summed E-state index contributed by atoms with van der Waals surface area (Å²) in [4.78, 5) is 32.6. The van der Waals surface area contributed by atoms with Crippen LogP contribution in [0, 0.1) is 11.8 Å². The van der Waals surface area contributed by atoms with E-state index in [2.05, 4.69) is 10.3 Å². The van der Waals surface area contributed by atoms with Gasteiger partial charge in [0, 0.05) is 44.8 Å². The smallest absolute Gasteiger partial charge is 0.231 e. The summed E-state index contributed by atoms with van der Waals surface area (Å²) in [5, 5.41) is 3.26. The van der Waals surface area contributed by atoms with Crippen molar-refractivity contribution in [1.82, 2.24) is 10.2 Å². The second-order valence-electron chi connectivity index (χ2n) is 10.9. The van der Waals surface area contributed by atoms with Gasteiger partial charge >= 0.3 is 0 Å². The van der Waals surface area contributed by atoms with Crippen LogP contribution in [0.1, 0.15) is 58.1 Å². The third-order valence-corrected chi connectivity index (χ3v) is 7.19. The van der Waals surface area contributed by atoms with Crippen LogP contribution in [-0.4, -0.2) is 67.3 Å². The van der Waals surface area contributed by atoms with Gasteiger partial charge in [0.15, 0.2) is 5.96 Å². The van der Waals surface area contributed by atoms with Crippen LogP contribution in [0.15, 0.2) is 29.3 Å². The Labute approximate surface area is 207 Å². The Morgan fingerprint density at radius 3 is 2.71 bits per heavy atom. The van der Waals surface area contributed by atoms with Crippen LogP contribution >= 0.6 is 0 Å². The average molecular weight is 487 g/mol. The third-order valence-electron chi connectivity index (χ3n) is 7.19. The van der Waals surface area contributed by atoms with E-state index in [1.165, 1.54) is 0 Å². The summed E-state index contributed by atoms with van der Waals surface area (Å²) in [5.41, 5.74) is 6.16. The van der Waals surface area contributed by atoms with Crippen LogP contribution in [0.2, 0.25) is 0 Å². The molecule has 2 heterocycles. The highest BCUT2D eigenvalue weighted by molar-refractivity contribution is 5.99. The van der Waals surface area contributed by atoms with Crippen molar-refractivity contribution < 1.29 is 23.8 Å². The molecule has 0 radical (unpaired) electrons. The van der Waals surface area contributed by atoms with Crippen LogP contribution in [0.5, 0.6) is 5.75 Å². The van der Waals surface area contributed by atoms with Crippen molar-refractivity contribution in [2.45, 2.75) is 69.7 Å². The van der Waals surface area contributed by atoms with Gasteiger partial charge in [0.05, 0.1) is 24.6 Å². The number of para-hydroxylation sites is 1. The number of aliphatic imine (C=N–C) groups is 1. The monoisotopic (exact) mass is 486 g/mol. The van der Waals surface area contributed by atoms with Gasteiger partial charge in [0.25, 0.3) is 0 Å². The summed E-state index contributed by atoms with van der Waals surface area (Å²) >= 11 is 0. The summed E-state index contributed by atoms with van der Waals surface area (Å²) in [7, 11) is 3.28. The maximum Gasteiger partial charge on any atom is 0.231 e. The number of hydrogen-bond acceptors (Lipinski definition) is 7. The Bertz CT molecular complexity index is 996. The molecule has 1 aromatic rings. The number of carbonyl (C=O) groups excluding carboxylic acids is 2. The van der Waals surface area contributed by atoms with E-state index < -0.39 is 11.1 Å². The zero-order valence-corrected chi connectivity index (χ0v) is 21.4. The molecule has 35 heavy (non-hydrogen) atoms. The lowest BCUT2D eigenvalue weighted by atomic mass is 9.88. The number of hydrogen-bond donors (Lipinski definition) is 2. The molecule has 3 aliphatic rings. The molecule has 2 aliphatic heterocycles. The van der Waals surface area contributed by atoms with E-state index in [0.717, 1.165) is 11.3 Å². The molecule has 3 N–H and O–H groups in total. The largest absolute Gasteiger partial charge is 0.485 e. The topological polar surface area (TPSA) is 115 Å². The molecule has 5 atom stereocenters. The number of fused-ring (bicyclic) bond motifs is 1. The fourth-order valence-corrected chi connectivity index (χ4v) is 5.57. The summed E-state index contributed by atoms with van der Waals surface area (Å²) in [6, 6.07) is 7.38. The summed E-state index contributed by atoms with van der Waals surface area (Å²) < 4.78 is 16.9. The number of nitrogens with two attached hydrogens (primary N) is 1. The van der Waals surface area contributed by atoms with Gasteiger partial charge in [-0.3, -0.25) is 14.5 Å². The Balaban J connectivity index is 1.50. The van der Waals surface area contributed by atoms with Gasteiger partial charge in [0.2, 0.25) is 11.8 Å². The molecule has 1 aromatic carbocycles. The van der Waals surface area contributed by atoms with Crippen molar-refractivity contribution in [1.29, 1.82) is 0 Å². The lowest BCUT2D eigenvalue weighted by Crippen LogP contribution is -2.55. The zero-order chi connectivity index (χ0) is 25.4. The number of guanidine groups is 1. The van der Waals surface area contributed by atoms with Gasteiger partial charge in [0.1, 0.15) is 11.4 Å². The predicted molar refractivity (Wildman–Crippen MR) is 132 cm³/mol.